The fourth-order valence-electron chi connectivity index (χ4n) is 2.33. The van der Waals surface area contributed by atoms with Crippen molar-refractivity contribution in [2.24, 2.45) is 5.73 Å². The number of hydrogen-bond acceptors (Lipinski definition) is 3. The molecule has 1 heterocycles. The van der Waals surface area contributed by atoms with Crippen LogP contribution in [-0.4, -0.2) is 42.1 Å². The lowest BCUT2D eigenvalue weighted by Crippen LogP contribution is -2.54. The first kappa shape index (κ1) is 16.7. The lowest BCUT2D eigenvalue weighted by molar-refractivity contribution is -0.146. The average molecular weight is 265 g/mol. The molecule has 0 aromatic heterocycles. The van der Waals surface area contributed by atoms with Crippen LogP contribution in [0.1, 0.15) is 40.0 Å². The number of rotatable bonds is 4. The molecular weight excluding hydrogens is 240 g/mol. The second-order valence-electron chi connectivity index (χ2n) is 4.55. The molecule has 0 aliphatic carbocycles. The summed E-state index contributed by atoms with van der Waals surface area (Å²) in [4.78, 5) is 14.1. The lowest BCUT2D eigenvalue weighted by atomic mass is 9.96. The first-order valence-corrected chi connectivity index (χ1v) is 6.25. The third-order valence-corrected chi connectivity index (χ3v) is 3.20. The van der Waals surface area contributed by atoms with Crippen molar-refractivity contribution in [1.82, 2.24) is 4.90 Å². The molecule has 3 unspecified atom stereocenters. The van der Waals surface area contributed by atoms with Crippen molar-refractivity contribution >= 4 is 18.3 Å². The van der Waals surface area contributed by atoms with E-state index in [0.717, 1.165) is 19.4 Å². The third kappa shape index (κ3) is 4.45. The number of amides is 1. The normalized spacial score (nSPS) is 23.8. The van der Waals surface area contributed by atoms with Gasteiger partial charge < -0.3 is 15.4 Å². The first-order chi connectivity index (χ1) is 7.57. The van der Waals surface area contributed by atoms with Gasteiger partial charge in [0.2, 0.25) is 0 Å². The van der Waals surface area contributed by atoms with Crippen molar-refractivity contribution in [1.29, 1.82) is 0 Å². The van der Waals surface area contributed by atoms with E-state index in [4.69, 9.17) is 10.5 Å². The minimum Gasteiger partial charge on any atom is -0.369 e. The molecule has 0 bridgehead atoms. The van der Waals surface area contributed by atoms with Crippen molar-refractivity contribution in [2.45, 2.75) is 58.2 Å². The monoisotopic (exact) mass is 264 g/mol. The molecule has 1 rings (SSSR count). The first-order valence-electron chi connectivity index (χ1n) is 6.25. The number of ether oxygens (including phenoxy) is 1. The fourth-order valence-corrected chi connectivity index (χ4v) is 2.33. The maximum absolute atomic E-state index is 12.1. The summed E-state index contributed by atoms with van der Waals surface area (Å²) in [5.74, 6) is 0.0869. The number of nitrogens with zero attached hydrogens (tertiary/aromatic N) is 1. The van der Waals surface area contributed by atoms with Crippen LogP contribution in [0, 0.1) is 0 Å². The average Bonchev–Trinajstić information content (AvgIpc) is 2.28. The maximum atomic E-state index is 12.1. The molecule has 0 radical (unpaired) electrons. The van der Waals surface area contributed by atoms with Crippen LogP contribution in [-0.2, 0) is 9.53 Å². The van der Waals surface area contributed by atoms with E-state index in [0.29, 0.717) is 6.61 Å². The van der Waals surface area contributed by atoms with Gasteiger partial charge in [0.05, 0.1) is 0 Å². The highest BCUT2D eigenvalue weighted by Gasteiger charge is 2.31. The van der Waals surface area contributed by atoms with Gasteiger partial charge >= 0.3 is 0 Å². The Morgan fingerprint density at radius 1 is 1.47 bits per heavy atom. The number of carbonyl (C=O) groups excluding carboxylic acids is 1. The number of nitrogens with two attached hydrogens (primary N) is 1. The smallest absolute Gasteiger partial charge is 0.251 e. The Balaban J connectivity index is 0.00000256. The van der Waals surface area contributed by atoms with Crippen LogP contribution in [0.3, 0.4) is 0 Å². The van der Waals surface area contributed by atoms with E-state index >= 15 is 0 Å². The van der Waals surface area contributed by atoms with Crippen molar-refractivity contribution < 1.29 is 9.53 Å². The molecular formula is C12H25ClN2O2. The SMILES string of the molecule is CCOC(C)C(=O)N1CCCCC1C(C)N.Cl. The van der Waals surface area contributed by atoms with Crippen LogP contribution >= 0.6 is 12.4 Å². The number of carbonyl (C=O) groups is 1. The van der Waals surface area contributed by atoms with Gasteiger partial charge in [-0.1, -0.05) is 0 Å². The van der Waals surface area contributed by atoms with Crippen LogP contribution in [0.5, 0.6) is 0 Å². The number of likely N-dealkylation sites (tertiary alicyclic amines) is 1. The van der Waals surface area contributed by atoms with Crippen LogP contribution < -0.4 is 5.73 Å². The summed E-state index contributed by atoms with van der Waals surface area (Å²) in [5, 5.41) is 0. The van der Waals surface area contributed by atoms with Gasteiger partial charge in [0.25, 0.3) is 5.91 Å². The fraction of sp³-hybridized carbons (Fsp3) is 0.917. The highest BCUT2D eigenvalue weighted by Crippen LogP contribution is 2.20. The summed E-state index contributed by atoms with van der Waals surface area (Å²) in [6.45, 7) is 7.09. The summed E-state index contributed by atoms with van der Waals surface area (Å²) >= 11 is 0. The Labute approximate surface area is 110 Å². The van der Waals surface area contributed by atoms with Crippen LogP contribution in [0.25, 0.3) is 0 Å². The summed E-state index contributed by atoms with van der Waals surface area (Å²) in [5.41, 5.74) is 5.93. The summed E-state index contributed by atoms with van der Waals surface area (Å²) < 4.78 is 5.35. The van der Waals surface area contributed by atoms with Crippen molar-refractivity contribution in [3.05, 3.63) is 0 Å². The van der Waals surface area contributed by atoms with Gasteiger partial charge in [-0.3, -0.25) is 4.79 Å². The predicted molar refractivity (Wildman–Crippen MR) is 71.3 cm³/mol. The molecule has 17 heavy (non-hydrogen) atoms. The molecule has 1 fully saturated rings. The molecule has 1 amide bonds. The minimum atomic E-state index is -0.343. The molecule has 0 aromatic carbocycles. The summed E-state index contributed by atoms with van der Waals surface area (Å²) in [6.07, 6.45) is 2.92. The second kappa shape index (κ2) is 7.90. The van der Waals surface area contributed by atoms with Gasteiger partial charge in [-0.05, 0) is 40.0 Å². The largest absolute Gasteiger partial charge is 0.369 e. The van der Waals surface area contributed by atoms with Gasteiger partial charge in [-0.15, -0.1) is 12.4 Å². The van der Waals surface area contributed by atoms with Gasteiger partial charge in [0, 0.05) is 25.2 Å². The van der Waals surface area contributed by atoms with E-state index in [2.05, 4.69) is 0 Å². The number of piperidine rings is 1. The Morgan fingerprint density at radius 2 is 2.12 bits per heavy atom. The van der Waals surface area contributed by atoms with Gasteiger partial charge in [-0.2, -0.15) is 0 Å². The topological polar surface area (TPSA) is 55.6 Å². The van der Waals surface area contributed by atoms with Crippen molar-refractivity contribution in [3.8, 4) is 0 Å². The zero-order valence-corrected chi connectivity index (χ0v) is 11.8. The number of halogens is 1. The number of hydrogen-bond donors (Lipinski definition) is 1. The molecule has 2 N–H and O–H groups in total. The predicted octanol–water partition coefficient (Wildman–Crippen LogP) is 1.56. The standard InChI is InChI=1S/C12H24N2O2.ClH/c1-4-16-10(3)12(15)14-8-6-5-7-11(14)9(2)13;/h9-11H,4-8,13H2,1-3H3;1H. The molecule has 4 nitrogen and oxygen atoms in total. The zero-order valence-electron chi connectivity index (χ0n) is 11.0. The Hall–Kier alpha value is -0.320. The Kier molecular flexibility index (Phi) is 7.75. The summed E-state index contributed by atoms with van der Waals surface area (Å²) in [7, 11) is 0. The minimum absolute atomic E-state index is 0. The van der Waals surface area contributed by atoms with E-state index in [1.165, 1.54) is 6.42 Å². The highest BCUT2D eigenvalue weighted by molar-refractivity contribution is 5.85. The molecule has 3 atom stereocenters. The van der Waals surface area contributed by atoms with E-state index in [1.54, 1.807) is 0 Å². The molecule has 0 spiro atoms. The summed E-state index contributed by atoms with van der Waals surface area (Å²) in [6, 6.07) is 0.224. The molecule has 0 aromatic rings. The Bertz CT molecular complexity index is 237. The molecule has 5 heteroatoms. The van der Waals surface area contributed by atoms with Crippen molar-refractivity contribution in [2.75, 3.05) is 13.2 Å². The quantitative estimate of drug-likeness (QED) is 0.839. The van der Waals surface area contributed by atoms with E-state index < -0.39 is 0 Å². The Morgan fingerprint density at radius 3 is 2.65 bits per heavy atom. The van der Waals surface area contributed by atoms with E-state index in [9.17, 15) is 4.79 Å². The lowest BCUT2D eigenvalue weighted by Gasteiger charge is -2.39. The molecule has 1 saturated heterocycles. The van der Waals surface area contributed by atoms with Crippen LogP contribution in [0.4, 0.5) is 0 Å². The maximum Gasteiger partial charge on any atom is 0.251 e. The van der Waals surface area contributed by atoms with E-state index in [1.807, 2.05) is 25.7 Å². The third-order valence-electron chi connectivity index (χ3n) is 3.20. The van der Waals surface area contributed by atoms with Gasteiger partial charge in [0.15, 0.2) is 0 Å². The molecule has 102 valence electrons. The second-order valence-corrected chi connectivity index (χ2v) is 4.55. The molecule has 1 aliphatic heterocycles. The van der Waals surface area contributed by atoms with Crippen LogP contribution in [0.2, 0.25) is 0 Å². The van der Waals surface area contributed by atoms with Crippen LogP contribution in [0.15, 0.2) is 0 Å². The molecule has 0 saturated carbocycles. The van der Waals surface area contributed by atoms with E-state index in [-0.39, 0.29) is 36.5 Å². The zero-order chi connectivity index (χ0) is 12.1. The van der Waals surface area contributed by atoms with Gasteiger partial charge in [-0.25, -0.2) is 0 Å². The molecule has 1 aliphatic rings. The van der Waals surface area contributed by atoms with Crippen molar-refractivity contribution in [3.63, 3.8) is 0 Å². The highest BCUT2D eigenvalue weighted by atomic mass is 35.5. The van der Waals surface area contributed by atoms with Gasteiger partial charge in [0.1, 0.15) is 6.10 Å².